The van der Waals surface area contributed by atoms with Gasteiger partial charge in [-0.1, -0.05) is 30.3 Å². The van der Waals surface area contributed by atoms with Crippen LogP contribution in [0.1, 0.15) is 19.3 Å². The highest BCUT2D eigenvalue weighted by atomic mass is 79.9. The van der Waals surface area contributed by atoms with Crippen molar-refractivity contribution < 1.29 is 9.47 Å². The van der Waals surface area contributed by atoms with Crippen LogP contribution in [0.15, 0.2) is 40.9 Å². The van der Waals surface area contributed by atoms with Crippen molar-refractivity contribution in [1.82, 2.24) is 5.32 Å². The Morgan fingerprint density at radius 3 is 2.64 bits per heavy atom. The maximum Gasteiger partial charge on any atom is 0.134 e. The molecule has 0 aliphatic heterocycles. The topological polar surface area (TPSA) is 30.5 Å². The zero-order valence-electron chi connectivity index (χ0n) is 13.1. The van der Waals surface area contributed by atoms with E-state index >= 15 is 0 Å². The number of rotatable bonds is 10. The third-order valence-electron chi connectivity index (χ3n) is 3.54. The average molecular weight is 366 g/mol. The normalized spacial score (nSPS) is 11.0. The Balaban J connectivity index is 1.68. The predicted molar refractivity (Wildman–Crippen MR) is 95.7 cm³/mol. The summed E-state index contributed by atoms with van der Waals surface area (Å²) in [4.78, 5) is 0. The highest BCUT2D eigenvalue weighted by molar-refractivity contribution is 9.10. The molecule has 0 bridgehead atoms. The molecule has 0 heterocycles. The highest BCUT2D eigenvalue weighted by Gasteiger charge is 2.05. The first-order valence-electron chi connectivity index (χ1n) is 7.82. The number of fused-ring (bicyclic) bond motifs is 1. The standard InChI is InChI=1S/C18H24BrNO2/c1-21-13-6-12-20-11-4-5-14-22-17-10-9-15-7-2-3-8-16(15)18(17)19/h2-3,7-10,20H,4-6,11-14H2,1H3. The summed E-state index contributed by atoms with van der Waals surface area (Å²) < 4.78 is 12.0. The van der Waals surface area contributed by atoms with Gasteiger partial charge in [0.25, 0.3) is 0 Å². The molecule has 0 amide bonds. The molecule has 0 spiro atoms. The molecule has 0 aliphatic carbocycles. The molecule has 0 aromatic heterocycles. The molecule has 2 aromatic rings. The van der Waals surface area contributed by atoms with Gasteiger partial charge in [-0.05, 0) is 65.1 Å². The van der Waals surface area contributed by atoms with E-state index in [0.717, 1.165) is 55.8 Å². The van der Waals surface area contributed by atoms with Crippen molar-refractivity contribution in [3.05, 3.63) is 40.9 Å². The van der Waals surface area contributed by atoms with Crippen LogP contribution < -0.4 is 10.1 Å². The van der Waals surface area contributed by atoms with Crippen LogP contribution >= 0.6 is 15.9 Å². The first kappa shape index (κ1) is 17.3. The largest absolute Gasteiger partial charge is 0.492 e. The van der Waals surface area contributed by atoms with Crippen LogP contribution in [0.25, 0.3) is 10.8 Å². The molecule has 4 heteroatoms. The van der Waals surface area contributed by atoms with E-state index in [9.17, 15) is 0 Å². The Labute approximate surface area is 141 Å². The van der Waals surface area contributed by atoms with Gasteiger partial charge in [0.05, 0.1) is 11.1 Å². The Kier molecular flexibility index (Phi) is 7.71. The van der Waals surface area contributed by atoms with Crippen LogP contribution in [0.3, 0.4) is 0 Å². The van der Waals surface area contributed by atoms with Crippen molar-refractivity contribution in [3.8, 4) is 5.75 Å². The van der Waals surface area contributed by atoms with Crippen LogP contribution in [0.2, 0.25) is 0 Å². The zero-order chi connectivity index (χ0) is 15.6. The number of ether oxygens (including phenoxy) is 2. The van der Waals surface area contributed by atoms with Crippen LogP contribution in [0, 0.1) is 0 Å². The minimum atomic E-state index is 0.747. The zero-order valence-corrected chi connectivity index (χ0v) is 14.7. The van der Waals surface area contributed by atoms with E-state index in [1.807, 2.05) is 12.1 Å². The molecule has 2 rings (SSSR count). The predicted octanol–water partition coefficient (Wildman–Crippen LogP) is 4.39. The summed E-state index contributed by atoms with van der Waals surface area (Å²) in [7, 11) is 1.74. The number of unbranched alkanes of at least 4 members (excludes halogenated alkanes) is 1. The van der Waals surface area contributed by atoms with Crippen molar-refractivity contribution in [1.29, 1.82) is 0 Å². The summed E-state index contributed by atoms with van der Waals surface area (Å²) in [6.45, 7) is 3.62. The van der Waals surface area contributed by atoms with Crippen molar-refractivity contribution in [2.75, 3.05) is 33.4 Å². The van der Waals surface area contributed by atoms with E-state index in [1.165, 1.54) is 10.8 Å². The SMILES string of the molecule is COCCCNCCCCOc1ccc2ccccc2c1Br. The monoisotopic (exact) mass is 365 g/mol. The molecule has 2 aromatic carbocycles. The van der Waals surface area contributed by atoms with Gasteiger partial charge < -0.3 is 14.8 Å². The molecule has 120 valence electrons. The van der Waals surface area contributed by atoms with E-state index in [0.29, 0.717) is 0 Å². The van der Waals surface area contributed by atoms with Crippen molar-refractivity contribution >= 4 is 26.7 Å². The second-order valence-electron chi connectivity index (χ2n) is 5.25. The molecule has 22 heavy (non-hydrogen) atoms. The summed E-state index contributed by atoms with van der Waals surface area (Å²) >= 11 is 3.65. The fourth-order valence-corrected chi connectivity index (χ4v) is 2.93. The van der Waals surface area contributed by atoms with E-state index in [4.69, 9.17) is 9.47 Å². The summed E-state index contributed by atoms with van der Waals surface area (Å²) in [5.74, 6) is 0.923. The number of hydrogen-bond acceptors (Lipinski definition) is 3. The molecule has 0 saturated carbocycles. The first-order chi connectivity index (χ1) is 10.8. The molecular weight excluding hydrogens is 342 g/mol. The minimum Gasteiger partial charge on any atom is -0.492 e. The Morgan fingerprint density at radius 1 is 0.955 bits per heavy atom. The van der Waals surface area contributed by atoms with E-state index in [2.05, 4.69) is 45.5 Å². The smallest absolute Gasteiger partial charge is 0.134 e. The Hall–Kier alpha value is -1.10. The van der Waals surface area contributed by atoms with Crippen LogP contribution in [0.5, 0.6) is 5.75 Å². The summed E-state index contributed by atoms with van der Waals surface area (Å²) in [6, 6.07) is 12.5. The summed E-state index contributed by atoms with van der Waals surface area (Å²) in [5, 5.41) is 5.83. The van der Waals surface area contributed by atoms with Gasteiger partial charge in [-0.3, -0.25) is 0 Å². The van der Waals surface area contributed by atoms with E-state index < -0.39 is 0 Å². The first-order valence-corrected chi connectivity index (χ1v) is 8.62. The van der Waals surface area contributed by atoms with Gasteiger partial charge in [0.2, 0.25) is 0 Å². The molecule has 1 N–H and O–H groups in total. The maximum atomic E-state index is 5.90. The van der Waals surface area contributed by atoms with Crippen LogP contribution in [0.4, 0.5) is 0 Å². The second kappa shape index (κ2) is 9.82. The average Bonchev–Trinajstić information content (AvgIpc) is 2.55. The molecule has 0 saturated heterocycles. The number of halogens is 1. The van der Waals surface area contributed by atoms with Gasteiger partial charge >= 0.3 is 0 Å². The van der Waals surface area contributed by atoms with E-state index in [-0.39, 0.29) is 0 Å². The fourth-order valence-electron chi connectivity index (χ4n) is 2.33. The third-order valence-corrected chi connectivity index (χ3v) is 4.35. The highest BCUT2D eigenvalue weighted by Crippen LogP contribution is 2.33. The molecule has 0 fully saturated rings. The number of benzene rings is 2. The number of nitrogens with one attached hydrogen (secondary N) is 1. The molecule has 0 radical (unpaired) electrons. The maximum absolute atomic E-state index is 5.90. The minimum absolute atomic E-state index is 0.747. The van der Waals surface area contributed by atoms with Gasteiger partial charge in [-0.25, -0.2) is 0 Å². The molecular formula is C18H24BrNO2. The number of hydrogen-bond donors (Lipinski definition) is 1. The molecule has 0 aliphatic rings. The van der Waals surface area contributed by atoms with Crippen molar-refractivity contribution in [3.63, 3.8) is 0 Å². The lowest BCUT2D eigenvalue weighted by Crippen LogP contribution is -2.18. The summed E-state index contributed by atoms with van der Waals surface area (Å²) in [5.41, 5.74) is 0. The summed E-state index contributed by atoms with van der Waals surface area (Å²) in [6.07, 6.45) is 3.24. The van der Waals surface area contributed by atoms with Gasteiger partial charge in [0, 0.05) is 13.7 Å². The van der Waals surface area contributed by atoms with Crippen molar-refractivity contribution in [2.24, 2.45) is 0 Å². The van der Waals surface area contributed by atoms with Crippen LogP contribution in [-0.2, 0) is 4.74 Å². The Bertz CT molecular complexity index is 574. The van der Waals surface area contributed by atoms with Gasteiger partial charge in [0.1, 0.15) is 5.75 Å². The second-order valence-corrected chi connectivity index (χ2v) is 6.04. The van der Waals surface area contributed by atoms with Crippen molar-refractivity contribution in [2.45, 2.75) is 19.3 Å². The van der Waals surface area contributed by atoms with E-state index in [1.54, 1.807) is 7.11 Å². The Morgan fingerprint density at radius 2 is 1.77 bits per heavy atom. The third kappa shape index (κ3) is 5.27. The van der Waals surface area contributed by atoms with Crippen LogP contribution in [-0.4, -0.2) is 33.4 Å². The van der Waals surface area contributed by atoms with Gasteiger partial charge in [0.15, 0.2) is 0 Å². The van der Waals surface area contributed by atoms with Gasteiger partial charge in [-0.2, -0.15) is 0 Å². The molecule has 0 atom stereocenters. The fraction of sp³-hybridized carbons (Fsp3) is 0.444. The lowest BCUT2D eigenvalue weighted by atomic mass is 10.1. The van der Waals surface area contributed by atoms with Gasteiger partial charge in [-0.15, -0.1) is 0 Å². The lowest BCUT2D eigenvalue weighted by Gasteiger charge is -2.10. The number of methoxy groups -OCH3 is 1. The quantitative estimate of drug-likeness (QED) is 0.633. The molecule has 0 unspecified atom stereocenters. The molecule has 3 nitrogen and oxygen atoms in total. The lowest BCUT2D eigenvalue weighted by molar-refractivity contribution is 0.194.